The van der Waals surface area contributed by atoms with Crippen LogP contribution in [0.4, 0.5) is 4.79 Å². The van der Waals surface area contributed by atoms with Gasteiger partial charge in [-0.15, -0.1) is 0 Å². The van der Waals surface area contributed by atoms with Gasteiger partial charge in [0.1, 0.15) is 6.10 Å². The Morgan fingerprint density at radius 2 is 0.881 bits per heavy atom. The first-order chi connectivity index (χ1) is 28.9. The zero-order valence-electron chi connectivity index (χ0n) is 39.1. The van der Waals surface area contributed by atoms with E-state index in [0.29, 0.717) is 71.5 Å². The van der Waals surface area contributed by atoms with Crippen molar-refractivity contribution in [2.45, 2.75) is 225 Å². The van der Waals surface area contributed by atoms with E-state index in [9.17, 15) is 14.4 Å². The van der Waals surface area contributed by atoms with Crippen molar-refractivity contribution in [1.29, 1.82) is 0 Å². The van der Waals surface area contributed by atoms with Crippen LogP contribution in [-0.2, 0) is 28.5 Å². The Bertz CT molecular complexity index is 926. The van der Waals surface area contributed by atoms with Crippen molar-refractivity contribution in [3.8, 4) is 0 Å². The molecule has 0 aliphatic heterocycles. The summed E-state index contributed by atoms with van der Waals surface area (Å²) in [5, 5.41) is 2.76. The van der Waals surface area contributed by atoms with Crippen LogP contribution in [-0.4, -0.2) is 82.6 Å². The largest absolute Gasteiger partial charge is 0.466 e. The Kier molecular flexibility index (Phi) is 44.8. The van der Waals surface area contributed by atoms with E-state index >= 15 is 0 Å². The van der Waals surface area contributed by atoms with Crippen LogP contribution in [0.15, 0.2) is 24.3 Å². The Labute approximate surface area is 363 Å². The Morgan fingerprint density at radius 3 is 1.29 bits per heavy atom. The molecule has 0 aliphatic carbocycles. The molecule has 9 heteroatoms. The molecule has 0 aromatic heterocycles. The Balaban J connectivity index is 4.19. The summed E-state index contributed by atoms with van der Waals surface area (Å²) in [5.41, 5.74) is 0. The highest BCUT2D eigenvalue weighted by Crippen LogP contribution is 2.14. The molecular weight excluding hydrogens is 741 g/mol. The lowest BCUT2D eigenvalue weighted by Crippen LogP contribution is -2.32. The number of esters is 2. The molecule has 0 atom stereocenters. The van der Waals surface area contributed by atoms with E-state index in [4.69, 9.17) is 18.9 Å². The molecule has 1 N–H and O–H groups in total. The van der Waals surface area contributed by atoms with Crippen molar-refractivity contribution in [3.05, 3.63) is 24.3 Å². The summed E-state index contributed by atoms with van der Waals surface area (Å²) in [7, 11) is 3.97. The lowest BCUT2D eigenvalue weighted by atomic mass is 10.1. The molecule has 0 radical (unpaired) electrons. The summed E-state index contributed by atoms with van der Waals surface area (Å²) in [4.78, 5) is 39.3. The van der Waals surface area contributed by atoms with E-state index in [2.05, 4.69) is 43.5 Å². The lowest BCUT2D eigenvalue weighted by molar-refractivity contribution is -0.144. The van der Waals surface area contributed by atoms with Crippen molar-refractivity contribution in [3.63, 3.8) is 0 Å². The SMILES string of the molecule is CCCCCCCC/C=C\CCCCCCCC(=O)OCCCC(CCCOC(=O)CCCCCCC/C=C\CCCCCCCC)OC(=O)NCCOCCN(C)C. The molecular formula is C50H94N2O7. The first-order valence-corrected chi connectivity index (χ1v) is 24.7. The van der Waals surface area contributed by atoms with Crippen molar-refractivity contribution >= 4 is 18.0 Å². The third-order valence-electron chi connectivity index (χ3n) is 10.6. The van der Waals surface area contributed by atoms with Gasteiger partial charge in [0, 0.05) is 25.9 Å². The number of carbonyl (C=O) groups excluding carboxylic acids is 3. The maximum absolute atomic E-state index is 12.5. The number of nitrogens with one attached hydrogen (secondary N) is 1. The zero-order valence-corrected chi connectivity index (χ0v) is 39.1. The van der Waals surface area contributed by atoms with Crippen LogP contribution in [0.5, 0.6) is 0 Å². The predicted molar refractivity (Wildman–Crippen MR) is 247 cm³/mol. The van der Waals surface area contributed by atoms with Gasteiger partial charge in [0.15, 0.2) is 0 Å². The van der Waals surface area contributed by atoms with Gasteiger partial charge in [0.05, 0.1) is 26.4 Å². The number of carbonyl (C=O) groups is 3. The number of rotatable bonds is 45. The number of unbranched alkanes of at least 4 members (excludes halogenated alkanes) is 22. The maximum atomic E-state index is 12.5. The van der Waals surface area contributed by atoms with Crippen LogP contribution in [0.3, 0.4) is 0 Å². The fourth-order valence-corrected chi connectivity index (χ4v) is 6.85. The fourth-order valence-electron chi connectivity index (χ4n) is 6.85. The first kappa shape index (κ1) is 56.6. The number of ether oxygens (including phenoxy) is 4. The predicted octanol–water partition coefficient (Wildman–Crippen LogP) is 13.4. The average molecular weight is 835 g/mol. The maximum Gasteiger partial charge on any atom is 0.407 e. The minimum Gasteiger partial charge on any atom is -0.466 e. The smallest absolute Gasteiger partial charge is 0.407 e. The van der Waals surface area contributed by atoms with Crippen LogP contribution in [0.2, 0.25) is 0 Å². The van der Waals surface area contributed by atoms with E-state index in [1.165, 1.54) is 116 Å². The molecule has 0 fully saturated rings. The first-order valence-electron chi connectivity index (χ1n) is 24.7. The summed E-state index contributed by atoms with van der Waals surface area (Å²) in [6.45, 7) is 7.31. The van der Waals surface area contributed by atoms with Gasteiger partial charge in [-0.2, -0.15) is 0 Å². The molecule has 0 aromatic carbocycles. The van der Waals surface area contributed by atoms with Crippen LogP contribution < -0.4 is 5.32 Å². The number of alkyl carbamates (subject to hydrolysis) is 1. The molecule has 346 valence electrons. The minimum atomic E-state index is -0.492. The Hall–Kier alpha value is -2.39. The standard InChI is InChI=1S/C50H94N2O7/c1-5-7-9-11-13-15-17-19-21-23-25-27-29-31-33-39-48(53)57-43-35-37-47(59-50(55)51-41-45-56-46-42-52(3)4)38-36-44-58-49(54)40-34-32-30-28-26-24-22-20-18-16-14-12-10-8-6-2/h19-22,47H,5-18,23-46H2,1-4H3,(H,51,55)/b21-19-,22-20-. The summed E-state index contributed by atoms with van der Waals surface area (Å²) in [6.07, 6.45) is 43.6. The van der Waals surface area contributed by atoms with Crippen molar-refractivity contribution in [2.75, 3.05) is 53.6 Å². The second-order valence-corrected chi connectivity index (χ2v) is 16.8. The Morgan fingerprint density at radius 1 is 0.492 bits per heavy atom. The van der Waals surface area contributed by atoms with Gasteiger partial charge in [-0.3, -0.25) is 9.59 Å². The highest BCUT2D eigenvalue weighted by Gasteiger charge is 2.15. The van der Waals surface area contributed by atoms with Crippen LogP contribution in [0.25, 0.3) is 0 Å². The van der Waals surface area contributed by atoms with E-state index in [1.807, 2.05) is 19.0 Å². The number of allylic oxidation sites excluding steroid dienone is 4. The molecule has 0 unspecified atom stereocenters. The van der Waals surface area contributed by atoms with Crippen molar-refractivity contribution in [1.82, 2.24) is 10.2 Å². The summed E-state index contributed by atoms with van der Waals surface area (Å²) < 4.78 is 22.3. The highest BCUT2D eigenvalue weighted by molar-refractivity contribution is 5.69. The topological polar surface area (TPSA) is 103 Å². The van der Waals surface area contributed by atoms with E-state index in [1.54, 1.807) is 0 Å². The summed E-state index contributed by atoms with van der Waals surface area (Å²) >= 11 is 0. The molecule has 0 heterocycles. The minimum absolute atomic E-state index is 0.162. The van der Waals surface area contributed by atoms with Gasteiger partial charge in [-0.1, -0.05) is 141 Å². The van der Waals surface area contributed by atoms with Gasteiger partial charge >= 0.3 is 18.0 Å². The highest BCUT2D eigenvalue weighted by atomic mass is 16.6. The summed E-state index contributed by atoms with van der Waals surface area (Å²) in [6, 6.07) is 0. The summed E-state index contributed by atoms with van der Waals surface area (Å²) in [5.74, 6) is -0.324. The quantitative estimate of drug-likeness (QED) is 0.0280. The van der Waals surface area contributed by atoms with E-state index in [0.717, 1.165) is 57.9 Å². The van der Waals surface area contributed by atoms with Crippen LogP contribution in [0, 0.1) is 0 Å². The number of likely N-dealkylation sites (N-methyl/N-ethyl adjacent to an activating group) is 1. The number of hydrogen-bond acceptors (Lipinski definition) is 8. The molecule has 0 aromatic rings. The third kappa shape index (κ3) is 46.5. The lowest BCUT2D eigenvalue weighted by Gasteiger charge is -2.18. The van der Waals surface area contributed by atoms with Gasteiger partial charge in [-0.25, -0.2) is 4.79 Å². The molecule has 0 saturated carbocycles. The molecule has 1 amide bonds. The van der Waals surface area contributed by atoms with E-state index in [-0.39, 0.29) is 18.0 Å². The fraction of sp³-hybridized carbons (Fsp3) is 0.860. The van der Waals surface area contributed by atoms with E-state index < -0.39 is 6.09 Å². The number of amides is 1. The molecule has 0 aliphatic rings. The molecule has 59 heavy (non-hydrogen) atoms. The average Bonchev–Trinajstić information content (AvgIpc) is 3.22. The van der Waals surface area contributed by atoms with Crippen molar-refractivity contribution < 1.29 is 33.3 Å². The van der Waals surface area contributed by atoms with Crippen LogP contribution in [0.1, 0.15) is 219 Å². The normalized spacial score (nSPS) is 11.7. The van der Waals surface area contributed by atoms with Gasteiger partial charge in [0.25, 0.3) is 0 Å². The second kappa shape index (κ2) is 46.7. The molecule has 0 spiro atoms. The molecule has 9 nitrogen and oxygen atoms in total. The van der Waals surface area contributed by atoms with Gasteiger partial charge in [-0.05, 0) is 104 Å². The second-order valence-electron chi connectivity index (χ2n) is 16.8. The zero-order chi connectivity index (χ0) is 43.1. The van der Waals surface area contributed by atoms with Gasteiger partial charge < -0.3 is 29.2 Å². The molecule has 0 saturated heterocycles. The van der Waals surface area contributed by atoms with Gasteiger partial charge in [0.2, 0.25) is 0 Å². The molecule has 0 rings (SSSR count). The van der Waals surface area contributed by atoms with Crippen LogP contribution >= 0.6 is 0 Å². The molecule has 0 bridgehead atoms. The monoisotopic (exact) mass is 835 g/mol. The number of hydrogen-bond donors (Lipinski definition) is 1. The third-order valence-corrected chi connectivity index (χ3v) is 10.6. The number of nitrogens with zero attached hydrogens (tertiary/aromatic N) is 1. The van der Waals surface area contributed by atoms with Crippen molar-refractivity contribution in [2.24, 2.45) is 0 Å².